The van der Waals surface area contributed by atoms with Gasteiger partial charge in [0.2, 0.25) is 0 Å². The molecule has 3 atom stereocenters. The van der Waals surface area contributed by atoms with Gasteiger partial charge in [0.15, 0.2) is 0 Å². The lowest BCUT2D eigenvalue weighted by molar-refractivity contribution is 0.0526. The highest BCUT2D eigenvalue weighted by atomic mass is 79.9. The fourth-order valence-electron chi connectivity index (χ4n) is 3.27. The van der Waals surface area contributed by atoms with Crippen molar-refractivity contribution < 1.29 is 9.50 Å². The predicted molar refractivity (Wildman–Crippen MR) is 74.7 cm³/mol. The molecule has 3 heteroatoms. The Bertz CT molecular complexity index is 411. The van der Waals surface area contributed by atoms with Gasteiger partial charge in [-0.15, -0.1) is 0 Å². The van der Waals surface area contributed by atoms with Gasteiger partial charge in [0, 0.05) is 5.56 Å². The van der Waals surface area contributed by atoms with Gasteiger partial charge < -0.3 is 5.11 Å². The van der Waals surface area contributed by atoms with Crippen LogP contribution in [-0.4, -0.2) is 5.11 Å². The molecule has 0 bridgehead atoms. The van der Waals surface area contributed by atoms with Gasteiger partial charge in [0.05, 0.1) is 10.6 Å². The Morgan fingerprint density at radius 1 is 1.22 bits per heavy atom. The molecule has 0 spiro atoms. The molecule has 1 aromatic rings. The number of aliphatic hydroxyl groups is 1. The Morgan fingerprint density at radius 2 is 1.83 bits per heavy atom. The van der Waals surface area contributed by atoms with Crippen LogP contribution >= 0.6 is 15.9 Å². The molecular formula is C15H20BrFO. The van der Waals surface area contributed by atoms with Crippen LogP contribution in [0.25, 0.3) is 0 Å². The summed E-state index contributed by atoms with van der Waals surface area (Å²) in [5, 5.41) is 10.4. The number of benzene rings is 1. The molecule has 3 unspecified atom stereocenters. The smallest absolute Gasteiger partial charge is 0.143 e. The number of rotatable bonds is 2. The molecule has 1 saturated carbocycles. The second kappa shape index (κ2) is 5.70. The van der Waals surface area contributed by atoms with Crippen LogP contribution in [0, 0.1) is 23.6 Å². The molecule has 0 aliphatic heterocycles. The number of aliphatic hydroxyl groups excluding tert-OH is 1. The standard InChI is InChI=1S/C15H20BrFO/c1-9-6-10(2)8-11(7-9)15(18)12-4-3-5-13(16)14(12)17/h3-5,9-11,15,18H,6-8H2,1-2H3. The Hall–Kier alpha value is -0.410. The minimum atomic E-state index is -0.687. The first-order valence-corrected chi connectivity index (χ1v) is 7.40. The molecule has 1 N–H and O–H groups in total. The van der Waals surface area contributed by atoms with E-state index in [1.807, 2.05) is 0 Å². The molecule has 0 aromatic heterocycles. The van der Waals surface area contributed by atoms with E-state index in [1.165, 1.54) is 6.42 Å². The quantitative estimate of drug-likeness (QED) is 0.839. The summed E-state index contributed by atoms with van der Waals surface area (Å²) in [6.45, 7) is 4.43. The molecule has 0 heterocycles. The second-order valence-electron chi connectivity index (χ2n) is 5.77. The van der Waals surface area contributed by atoms with E-state index in [2.05, 4.69) is 29.8 Å². The van der Waals surface area contributed by atoms with Crippen molar-refractivity contribution in [1.82, 2.24) is 0 Å². The first-order valence-electron chi connectivity index (χ1n) is 6.61. The van der Waals surface area contributed by atoms with Crippen LogP contribution in [-0.2, 0) is 0 Å². The van der Waals surface area contributed by atoms with Gasteiger partial charge in [0.1, 0.15) is 5.82 Å². The van der Waals surface area contributed by atoms with Gasteiger partial charge in [0.25, 0.3) is 0 Å². The van der Waals surface area contributed by atoms with E-state index in [0.717, 1.165) is 12.8 Å². The van der Waals surface area contributed by atoms with Crippen molar-refractivity contribution in [2.24, 2.45) is 17.8 Å². The van der Waals surface area contributed by atoms with Crippen LogP contribution in [0.4, 0.5) is 4.39 Å². The molecule has 0 radical (unpaired) electrons. The number of hydrogen-bond acceptors (Lipinski definition) is 1. The Balaban J connectivity index is 2.20. The van der Waals surface area contributed by atoms with E-state index < -0.39 is 6.10 Å². The minimum absolute atomic E-state index is 0.174. The lowest BCUT2D eigenvalue weighted by Gasteiger charge is -2.34. The Morgan fingerprint density at radius 3 is 2.44 bits per heavy atom. The first-order chi connectivity index (χ1) is 8.49. The van der Waals surface area contributed by atoms with Crippen molar-refractivity contribution in [3.05, 3.63) is 34.1 Å². The summed E-state index contributed by atoms with van der Waals surface area (Å²) in [5.74, 6) is 1.08. The van der Waals surface area contributed by atoms with Crippen LogP contribution in [0.3, 0.4) is 0 Å². The Labute approximate surface area is 117 Å². The van der Waals surface area contributed by atoms with Gasteiger partial charge in [-0.1, -0.05) is 26.0 Å². The fraction of sp³-hybridized carbons (Fsp3) is 0.600. The highest BCUT2D eigenvalue weighted by Gasteiger charge is 2.31. The molecular weight excluding hydrogens is 295 g/mol. The average Bonchev–Trinajstić information content (AvgIpc) is 2.30. The third kappa shape index (κ3) is 2.94. The van der Waals surface area contributed by atoms with E-state index in [1.54, 1.807) is 18.2 Å². The summed E-state index contributed by atoms with van der Waals surface area (Å²) in [6.07, 6.45) is 2.49. The van der Waals surface area contributed by atoms with E-state index >= 15 is 0 Å². The monoisotopic (exact) mass is 314 g/mol. The van der Waals surface area contributed by atoms with Crippen LogP contribution in [0.2, 0.25) is 0 Å². The largest absolute Gasteiger partial charge is 0.388 e. The van der Waals surface area contributed by atoms with Crippen molar-refractivity contribution in [2.45, 2.75) is 39.2 Å². The predicted octanol–water partition coefficient (Wildman–Crippen LogP) is 4.69. The first kappa shape index (κ1) is 14.0. The topological polar surface area (TPSA) is 20.2 Å². The minimum Gasteiger partial charge on any atom is -0.388 e. The second-order valence-corrected chi connectivity index (χ2v) is 6.62. The molecule has 18 heavy (non-hydrogen) atoms. The molecule has 0 amide bonds. The summed E-state index contributed by atoms with van der Waals surface area (Å²) < 4.78 is 14.4. The van der Waals surface area contributed by atoms with Crippen molar-refractivity contribution in [3.63, 3.8) is 0 Å². The highest BCUT2D eigenvalue weighted by molar-refractivity contribution is 9.10. The van der Waals surface area contributed by atoms with Crippen LogP contribution in [0.15, 0.2) is 22.7 Å². The normalized spacial score (nSPS) is 30.2. The number of hydrogen-bond donors (Lipinski definition) is 1. The third-order valence-electron chi connectivity index (χ3n) is 3.96. The van der Waals surface area contributed by atoms with E-state index in [-0.39, 0.29) is 11.7 Å². The maximum atomic E-state index is 14.0. The van der Waals surface area contributed by atoms with Crippen LogP contribution in [0.1, 0.15) is 44.8 Å². The molecule has 1 aliphatic carbocycles. The van der Waals surface area contributed by atoms with E-state index in [4.69, 9.17) is 0 Å². The van der Waals surface area contributed by atoms with Gasteiger partial charge in [-0.25, -0.2) is 4.39 Å². The molecule has 1 fully saturated rings. The van der Waals surface area contributed by atoms with Gasteiger partial charge in [-0.3, -0.25) is 0 Å². The third-order valence-corrected chi connectivity index (χ3v) is 4.57. The number of halogens is 2. The average molecular weight is 315 g/mol. The molecule has 1 aliphatic rings. The maximum absolute atomic E-state index is 14.0. The fourth-order valence-corrected chi connectivity index (χ4v) is 3.65. The van der Waals surface area contributed by atoms with Gasteiger partial charge in [-0.2, -0.15) is 0 Å². The summed E-state index contributed by atoms with van der Waals surface area (Å²) in [7, 11) is 0. The lowest BCUT2D eigenvalue weighted by Crippen LogP contribution is -2.25. The molecule has 2 rings (SSSR count). The zero-order valence-electron chi connectivity index (χ0n) is 10.9. The molecule has 1 aromatic carbocycles. The van der Waals surface area contributed by atoms with E-state index in [0.29, 0.717) is 21.9 Å². The summed E-state index contributed by atoms with van der Waals surface area (Å²) in [6, 6.07) is 5.13. The molecule has 0 saturated heterocycles. The highest BCUT2D eigenvalue weighted by Crippen LogP contribution is 2.40. The van der Waals surface area contributed by atoms with Crippen molar-refractivity contribution in [3.8, 4) is 0 Å². The summed E-state index contributed by atoms with van der Waals surface area (Å²) >= 11 is 3.18. The SMILES string of the molecule is CC1CC(C)CC(C(O)c2cccc(Br)c2F)C1. The zero-order valence-corrected chi connectivity index (χ0v) is 12.5. The van der Waals surface area contributed by atoms with Crippen LogP contribution < -0.4 is 0 Å². The summed E-state index contributed by atoms with van der Waals surface area (Å²) in [5.41, 5.74) is 0.427. The van der Waals surface area contributed by atoms with Crippen molar-refractivity contribution in [2.75, 3.05) is 0 Å². The molecule has 100 valence electrons. The zero-order chi connectivity index (χ0) is 13.3. The summed E-state index contributed by atoms with van der Waals surface area (Å²) in [4.78, 5) is 0. The van der Waals surface area contributed by atoms with Gasteiger partial charge in [-0.05, 0) is 59.0 Å². The molecule has 1 nitrogen and oxygen atoms in total. The van der Waals surface area contributed by atoms with Crippen molar-refractivity contribution in [1.29, 1.82) is 0 Å². The van der Waals surface area contributed by atoms with Crippen LogP contribution in [0.5, 0.6) is 0 Å². The van der Waals surface area contributed by atoms with Gasteiger partial charge >= 0.3 is 0 Å². The van der Waals surface area contributed by atoms with E-state index in [9.17, 15) is 9.50 Å². The van der Waals surface area contributed by atoms with Crippen molar-refractivity contribution >= 4 is 15.9 Å². The maximum Gasteiger partial charge on any atom is 0.143 e. The Kier molecular flexibility index (Phi) is 4.44. The lowest BCUT2D eigenvalue weighted by atomic mass is 9.73.